The first-order chi connectivity index (χ1) is 18.6. The molecule has 0 saturated heterocycles. The van der Waals surface area contributed by atoms with Crippen LogP contribution in [0.3, 0.4) is 0 Å². The van der Waals surface area contributed by atoms with Crippen molar-refractivity contribution in [3.05, 3.63) is 0 Å². The van der Waals surface area contributed by atoms with E-state index < -0.39 is 51.1 Å². The molecular formula is C27H52NO10P. The lowest BCUT2D eigenvalue weighted by atomic mass is 10.1. The van der Waals surface area contributed by atoms with Crippen LogP contribution in [-0.4, -0.2) is 59.9 Å². The zero-order valence-corrected chi connectivity index (χ0v) is 24.9. The van der Waals surface area contributed by atoms with Gasteiger partial charge in [0.15, 0.2) is 6.10 Å². The maximum atomic E-state index is 12.3. The summed E-state index contributed by atoms with van der Waals surface area (Å²) in [5.41, 5.74) is 5.27. The molecule has 3 atom stereocenters. The molecule has 0 spiro atoms. The van der Waals surface area contributed by atoms with Gasteiger partial charge in [-0.15, -0.1) is 0 Å². The van der Waals surface area contributed by atoms with Crippen LogP contribution in [-0.2, 0) is 37.5 Å². The summed E-state index contributed by atoms with van der Waals surface area (Å²) in [6.07, 6.45) is 15.2. The molecule has 0 saturated carbocycles. The molecule has 0 aromatic rings. The third-order valence-electron chi connectivity index (χ3n) is 6.11. The number of carbonyl (C=O) groups excluding carboxylic acids is 2. The summed E-state index contributed by atoms with van der Waals surface area (Å²) >= 11 is 0. The van der Waals surface area contributed by atoms with Gasteiger partial charge in [-0.2, -0.15) is 0 Å². The molecular weight excluding hydrogens is 529 g/mol. The van der Waals surface area contributed by atoms with Gasteiger partial charge in [-0.1, -0.05) is 97.3 Å². The number of ether oxygens (including phenoxy) is 2. The molecule has 0 aliphatic heterocycles. The number of nitrogens with two attached hydrogens (primary N) is 1. The molecule has 0 amide bonds. The van der Waals surface area contributed by atoms with Gasteiger partial charge >= 0.3 is 25.7 Å². The minimum atomic E-state index is -4.68. The van der Waals surface area contributed by atoms with Crippen LogP contribution in [0.4, 0.5) is 0 Å². The van der Waals surface area contributed by atoms with Crippen molar-refractivity contribution in [2.24, 2.45) is 5.73 Å². The van der Waals surface area contributed by atoms with Gasteiger partial charge in [0.1, 0.15) is 12.6 Å². The highest BCUT2D eigenvalue weighted by Gasteiger charge is 2.28. The molecule has 0 aliphatic rings. The predicted molar refractivity (Wildman–Crippen MR) is 148 cm³/mol. The van der Waals surface area contributed by atoms with Crippen LogP contribution in [0.5, 0.6) is 0 Å². The lowest BCUT2D eigenvalue weighted by Crippen LogP contribution is -2.34. The van der Waals surface area contributed by atoms with Gasteiger partial charge < -0.3 is 25.2 Å². The summed E-state index contributed by atoms with van der Waals surface area (Å²) in [6.45, 7) is 2.66. The van der Waals surface area contributed by atoms with E-state index in [2.05, 4.69) is 18.4 Å². The van der Waals surface area contributed by atoms with Crippen molar-refractivity contribution in [3.8, 4) is 0 Å². The zero-order chi connectivity index (χ0) is 29.4. The van der Waals surface area contributed by atoms with Crippen LogP contribution in [0.1, 0.15) is 123 Å². The lowest BCUT2D eigenvalue weighted by molar-refractivity contribution is -0.161. The Balaban J connectivity index is 4.59. The van der Waals surface area contributed by atoms with Crippen LogP contribution < -0.4 is 5.73 Å². The van der Waals surface area contributed by atoms with Crippen molar-refractivity contribution in [2.45, 2.75) is 135 Å². The highest BCUT2D eigenvalue weighted by atomic mass is 31.2. The molecule has 0 rings (SSSR count). The van der Waals surface area contributed by atoms with Crippen molar-refractivity contribution in [1.29, 1.82) is 0 Å². The second kappa shape index (κ2) is 24.3. The Morgan fingerprint density at radius 2 is 1.13 bits per heavy atom. The van der Waals surface area contributed by atoms with Gasteiger partial charge in [-0.05, 0) is 12.8 Å². The average molecular weight is 582 g/mol. The van der Waals surface area contributed by atoms with Crippen LogP contribution in [0.15, 0.2) is 0 Å². The van der Waals surface area contributed by atoms with Gasteiger partial charge in [0.2, 0.25) is 0 Å². The van der Waals surface area contributed by atoms with Gasteiger partial charge in [0.05, 0.1) is 13.2 Å². The van der Waals surface area contributed by atoms with Gasteiger partial charge in [-0.3, -0.25) is 23.4 Å². The molecule has 39 heavy (non-hydrogen) atoms. The van der Waals surface area contributed by atoms with Crippen LogP contribution in [0, 0.1) is 0 Å². The molecule has 0 fully saturated rings. The number of hydrogen-bond donors (Lipinski definition) is 3. The summed E-state index contributed by atoms with van der Waals surface area (Å²) in [5, 5.41) is 8.77. The largest absolute Gasteiger partial charge is 0.480 e. The number of phosphoric ester groups is 1. The molecule has 0 bridgehead atoms. The molecule has 1 unspecified atom stereocenters. The van der Waals surface area contributed by atoms with Crippen LogP contribution >= 0.6 is 7.82 Å². The second-order valence-corrected chi connectivity index (χ2v) is 11.3. The smallest absolute Gasteiger partial charge is 0.472 e. The predicted octanol–water partition coefficient (Wildman–Crippen LogP) is 5.66. The summed E-state index contributed by atoms with van der Waals surface area (Å²) in [5.74, 6) is -2.39. The number of hydrogen-bond acceptors (Lipinski definition) is 9. The Morgan fingerprint density at radius 3 is 1.62 bits per heavy atom. The Labute approximate surface area is 234 Å². The molecule has 0 radical (unpaired) electrons. The van der Waals surface area contributed by atoms with Gasteiger partial charge in [-0.25, -0.2) is 4.57 Å². The lowest BCUT2D eigenvalue weighted by Gasteiger charge is -2.20. The summed E-state index contributed by atoms with van der Waals surface area (Å²) in [7, 11) is -4.68. The molecule has 230 valence electrons. The minimum absolute atomic E-state index is 0.165. The number of carboxylic acid groups (broad SMARTS) is 1. The number of carboxylic acids is 1. The number of carbonyl (C=O) groups is 3. The highest BCUT2D eigenvalue weighted by molar-refractivity contribution is 7.47. The fourth-order valence-electron chi connectivity index (χ4n) is 3.71. The van der Waals surface area contributed by atoms with Gasteiger partial charge in [0, 0.05) is 12.8 Å². The fraction of sp³-hybridized carbons (Fsp3) is 0.889. The third-order valence-corrected chi connectivity index (χ3v) is 7.06. The molecule has 0 aromatic carbocycles. The van der Waals surface area contributed by atoms with E-state index in [1.807, 2.05) is 0 Å². The van der Waals surface area contributed by atoms with Crippen molar-refractivity contribution in [2.75, 3.05) is 19.8 Å². The maximum absolute atomic E-state index is 12.3. The zero-order valence-electron chi connectivity index (χ0n) is 24.0. The summed E-state index contributed by atoms with van der Waals surface area (Å²) in [6, 6.07) is -1.51. The quantitative estimate of drug-likeness (QED) is 0.0621. The van der Waals surface area contributed by atoms with E-state index in [1.54, 1.807) is 0 Å². The molecule has 11 nitrogen and oxygen atoms in total. The van der Waals surface area contributed by atoms with Crippen molar-refractivity contribution < 1.29 is 47.5 Å². The van der Waals surface area contributed by atoms with E-state index in [0.29, 0.717) is 12.8 Å². The van der Waals surface area contributed by atoms with E-state index >= 15 is 0 Å². The summed E-state index contributed by atoms with van der Waals surface area (Å²) in [4.78, 5) is 45.1. The van der Waals surface area contributed by atoms with Gasteiger partial charge in [0.25, 0.3) is 0 Å². The monoisotopic (exact) mass is 581 g/mol. The molecule has 4 N–H and O–H groups in total. The molecule has 0 aromatic heterocycles. The van der Waals surface area contributed by atoms with E-state index in [1.165, 1.54) is 44.9 Å². The average Bonchev–Trinajstić information content (AvgIpc) is 2.89. The second-order valence-electron chi connectivity index (χ2n) is 9.90. The number of rotatable bonds is 27. The Hall–Kier alpha value is -1.52. The Kier molecular flexibility index (Phi) is 23.3. The van der Waals surface area contributed by atoms with E-state index in [0.717, 1.165) is 38.5 Å². The van der Waals surface area contributed by atoms with E-state index in [4.69, 9.17) is 24.8 Å². The number of phosphoric acid groups is 1. The molecule has 12 heteroatoms. The maximum Gasteiger partial charge on any atom is 0.472 e. The third kappa shape index (κ3) is 24.0. The first-order valence-corrected chi connectivity index (χ1v) is 16.1. The minimum Gasteiger partial charge on any atom is -0.480 e. The standard InChI is InChI=1S/C27H52NO10P/c1-3-5-7-9-11-13-15-17-19-26(30)38-23(21-36-39(33,34)37-22-24(28)27(31)32)20-35-25(29)18-16-14-12-10-8-6-4-2/h23-24H,3-22,28H2,1-2H3,(H,31,32)(H,33,34)/t23-,24+/m1/s1. The van der Waals surface area contributed by atoms with Crippen LogP contribution in [0.25, 0.3) is 0 Å². The molecule has 0 aliphatic carbocycles. The van der Waals surface area contributed by atoms with Crippen molar-refractivity contribution in [3.63, 3.8) is 0 Å². The van der Waals surface area contributed by atoms with E-state index in [9.17, 15) is 23.8 Å². The highest BCUT2D eigenvalue weighted by Crippen LogP contribution is 2.43. The number of unbranched alkanes of at least 4 members (excludes halogenated alkanes) is 13. The normalized spacial score (nSPS) is 14.4. The Morgan fingerprint density at radius 1 is 0.692 bits per heavy atom. The molecule has 0 heterocycles. The Bertz CT molecular complexity index is 706. The fourth-order valence-corrected chi connectivity index (χ4v) is 4.49. The topological polar surface area (TPSA) is 172 Å². The van der Waals surface area contributed by atoms with Crippen LogP contribution in [0.2, 0.25) is 0 Å². The van der Waals surface area contributed by atoms with E-state index in [-0.39, 0.29) is 19.4 Å². The SMILES string of the molecule is CCCCCCCCCCC(=O)O[C@H](COC(=O)CCCCCCCCC)COP(=O)(O)OC[C@H](N)C(=O)O. The number of esters is 2. The van der Waals surface area contributed by atoms with Crippen molar-refractivity contribution in [1.82, 2.24) is 0 Å². The summed E-state index contributed by atoms with van der Waals surface area (Å²) < 4.78 is 32.1. The van der Waals surface area contributed by atoms with Crippen molar-refractivity contribution >= 4 is 25.7 Å². The number of aliphatic carboxylic acids is 1. The first-order valence-electron chi connectivity index (χ1n) is 14.6. The first kappa shape index (κ1) is 37.5.